The Bertz CT molecular complexity index is 334. The molecule has 1 heterocycles. The molecule has 0 bridgehead atoms. The van der Waals surface area contributed by atoms with Gasteiger partial charge in [0.1, 0.15) is 6.61 Å². The average molecular weight is 304 g/mol. The molecule has 1 rings (SSSR count). The average Bonchev–Trinajstić information content (AvgIpc) is 2.35. The summed E-state index contributed by atoms with van der Waals surface area (Å²) in [5, 5.41) is 9.14. The molecule has 0 aromatic carbocycles. The molecule has 1 aromatic heterocycles. The van der Waals surface area contributed by atoms with Gasteiger partial charge in [0.25, 0.3) is 0 Å². The second kappa shape index (κ2) is 8.44. The number of aromatic nitrogens is 1. The van der Waals surface area contributed by atoms with Gasteiger partial charge in [-0.1, -0.05) is 13.3 Å². The van der Waals surface area contributed by atoms with Crippen LogP contribution in [0.5, 0.6) is 5.88 Å². The molecule has 0 aliphatic carbocycles. The Kier molecular flexibility index (Phi) is 7.16. The minimum absolute atomic E-state index is 0.0849. The first-order valence-corrected chi connectivity index (χ1v) is 6.53. The van der Waals surface area contributed by atoms with Crippen LogP contribution in [0.4, 0.5) is 0 Å². The zero-order valence-electron chi connectivity index (χ0n) is 9.99. The van der Waals surface area contributed by atoms with Crippen LogP contribution in [-0.4, -0.2) is 29.9 Å². The van der Waals surface area contributed by atoms with Gasteiger partial charge in [-0.15, -0.1) is 0 Å². The second-order valence-electron chi connectivity index (χ2n) is 3.59. The minimum Gasteiger partial charge on any atom is -0.475 e. The van der Waals surface area contributed by atoms with E-state index in [-0.39, 0.29) is 6.61 Å². The van der Waals surface area contributed by atoms with Crippen LogP contribution >= 0.6 is 15.9 Å². The summed E-state index contributed by atoms with van der Waals surface area (Å²) in [5.74, 6) is 0.467. The number of nitrogens with zero attached hydrogens (tertiary/aromatic N) is 1. The van der Waals surface area contributed by atoms with Crippen molar-refractivity contribution in [3.63, 3.8) is 0 Å². The molecule has 0 radical (unpaired) electrons. The first-order valence-electron chi connectivity index (χ1n) is 5.73. The lowest BCUT2D eigenvalue weighted by Gasteiger charge is -2.09. The number of ether oxygens (including phenoxy) is 2. The van der Waals surface area contributed by atoms with E-state index in [9.17, 15) is 0 Å². The summed E-state index contributed by atoms with van der Waals surface area (Å²) in [6.07, 6.45) is 3.84. The van der Waals surface area contributed by atoms with Gasteiger partial charge in [-0.05, 0) is 28.4 Å². The number of pyridine rings is 1. The van der Waals surface area contributed by atoms with Gasteiger partial charge < -0.3 is 14.6 Å². The van der Waals surface area contributed by atoms with Crippen LogP contribution in [0.15, 0.2) is 16.7 Å². The maximum absolute atomic E-state index is 9.14. The molecule has 1 aromatic rings. The van der Waals surface area contributed by atoms with Gasteiger partial charge in [0, 0.05) is 22.8 Å². The Hall–Kier alpha value is -0.650. The lowest BCUT2D eigenvalue weighted by atomic mass is 10.3. The van der Waals surface area contributed by atoms with Crippen molar-refractivity contribution in [2.45, 2.75) is 26.4 Å². The molecule has 1 N–H and O–H groups in total. The van der Waals surface area contributed by atoms with E-state index in [4.69, 9.17) is 14.6 Å². The van der Waals surface area contributed by atoms with E-state index in [0.717, 1.165) is 23.9 Å². The lowest BCUT2D eigenvalue weighted by molar-refractivity contribution is 0.0954. The van der Waals surface area contributed by atoms with Gasteiger partial charge in [-0.3, -0.25) is 0 Å². The van der Waals surface area contributed by atoms with Crippen molar-refractivity contribution in [2.24, 2.45) is 0 Å². The Labute approximate surface area is 110 Å². The third kappa shape index (κ3) is 5.48. The molecule has 4 nitrogen and oxygen atoms in total. The Morgan fingerprint density at radius 2 is 2.18 bits per heavy atom. The number of rotatable bonds is 8. The van der Waals surface area contributed by atoms with Crippen molar-refractivity contribution in [3.05, 3.63) is 22.3 Å². The number of halogens is 1. The molecule has 0 fully saturated rings. The normalized spacial score (nSPS) is 10.5. The number of hydrogen-bond acceptors (Lipinski definition) is 4. The fourth-order valence-corrected chi connectivity index (χ4v) is 1.64. The maximum Gasteiger partial charge on any atom is 0.219 e. The van der Waals surface area contributed by atoms with Gasteiger partial charge in [0.05, 0.1) is 13.2 Å². The Morgan fingerprint density at radius 3 is 2.88 bits per heavy atom. The number of unbranched alkanes of at least 4 members (excludes halogenated alkanes) is 1. The third-order valence-corrected chi connectivity index (χ3v) is 2.60. The Balaban J connectivity index is 2.31. The van der Waals surface area contributed by atoms with Gasteiger partial charge in [-0.2, -0.15) is 0 Å². The smallest absolute Gasteiger partial charge is 0.219 e. The molecule has 0 aliphatic heterocycles. The molecule has 17 heavy (non-hydrogen) atoms. The summed E-state index contributed by atoms with van der Waals surface area (Å²) in [5.41, 5.74) is 0.674. The van der Waals surface area contributed by atoms with Crippen LogP contribution < -0.4 is 4.74 Å². The van der Waals surface area contributed by atoms with E-state index in [1.807, 2.05) is 0 Å². The van der Waals surface area contributed by atoms with Crippen molar-refractivity contribution in [2.75, 3.05) is 19.8 Å². The van der Waals surface area contributed by atoms with Gasteiger partial charge in [0.2, 0.25) is 5.88 Å². The molecule has 0 aliphatic rings. The maximum atomic E-state index is 9.14. The van der Waals surface area contributed by atoms with E-state index in [1.54, 1.807) is 12.3 Å². The molecule has 96 valence electrons. The SMILES string of the molecule is CCCCOCCOc1ncc(Br)cc1CO. The third-order valence-electron chi connectivity index (χ3n) is 2.17. The number of aliphatic hydroxyl groups is 1. The van der Waals surface area contributed by atoms with Crippen molar-refractivity contribution in [3.8, 4) is 5.88 Å². The predicted octanol–water partition coefficient (Wildman–Crippen LogP) is 2.53. The first-order chi connectivity index (χ1) is 8.27. The summed E-state index contributed by atoms with van der Waals surface area (Å²) in [4.78, 5) is 4.10. The van der Waals surface area contributed by atoms with Crippen molar-refractivity contribution >= 4 is 15.9 Å². The van der Waals surface area contributed by atoms with Crippen molar-refractivity contribution in [1.82, 2.24) is 4.98 Å². The van der Waals surface area contributed by atoms with Gasteiger partial charge in [0.15, 0.2) is 0 Å². The van der Waals surface area contributed by atoms with E-state index in [0.29, 0.717) is 24.7 Å². The second-order valence-corrected chi connectivity index (χ2v) is 4.51. The zero-order valence-corrected chi connectivity index (χ0v) is 11.6. The molecule has 0 unspecified atom stereocenters. The van der Waals surface area contributed by atoms with Crippen LogP contribution in [-0.2, 0) is 11.3 Å². The molecule has 0 saturated carbocycles. The predicted molar refractivity (Wildman–Crippen MR) is 69.1 cm³/mol. The van der Waals surface area contributed by atoms with E-state index >= 15 is 0 Å². The monoisotopic (exact) mass is 303 g/mol. The fraction of sp³-hybridized carbons (Fsp3) is 0.583. The first kappa shape index (κ1) is 14.4. The number of aliphatic hydroxyl groups excluding tert-OH is 1. The summed E-state index contributed by atoms with van der Waals surface area (Å²) in [6, 6.07) is 1.79. The van der Waals surface area contributed by atoms with E-state index in [1.165, 1.54) is 0 Å². The van der Waals surface area contributed by atoms with Gasteiger partial charge >= 0.3 is 0 Å². The quantitative estimate of drug-likeness (QED) is 0.750. The van der Waals surface area contributed by atoms with E-state index < -0.39 is 0 Å². The highest BCUT2D eigenvalue weighted by atomic mass is 79.9. The highest BCUT2D eigenvalue weighted by Gasteiger charge is 2.05. The summed E-state index contributed by atoms with van der Waals surface area (Å²) in [6.45, 7) is 3.80. The highest BCUT2D eigenvalue weighted by Crippen LogP contribution is 2.19. The van der Waals surface area contributed by atoms with Crippen molar-refractivity contribution in [1.29, 1.82) is 0 Å². The topological polar surface area (TPSA) is 51.6 Å². The molecule has 0 atom stereocenters. The van der Waals surface area contributed by atoms with E-state index in [2.05, 4.69) is 27.8 Å². The van der Waals surface area contributed by atoms with Crippen LogP contribution in [0.25, 0.3) is 0 Å². The molecule has 0 amide bonds. The van der Waals surface area contributed by atoms with Crippen LogP contribution in [0.3, 0.4) is 0 Å². The summed E-state index contributed by atoms with van der Waals surface area (Å²) >= 11 is 3.29. The molecular weight excluding hydrogens is 286 g/mol. The van der Waals surface area contributed by atoms with Crippen LogP contribution in [0.1, 0.15) is 25.3 Å². The molecule has 0 saturated heterocycles. The van der Waals surface area contributed by atoms with Gasteiger partial charge in [-0.25, -0.2) is 4.98 Å². The fourth-order valence-electron chi connectivity index (χ4n) is 1.26. The summed E-state index contributed by atoms with van der Waals surface area (Å²) < 4.78 is 11.6. The summed E-state index contributed by atoms with van der Waals surface area (Å²) in [7, 11) is 0. The zero-order chi connectivity index (χ0) is 12.5. The molecule has 0 spiro atoms. The molecular formula is C12H18BrNO3. The minimum atomic E-state index is -0.0849. The standard InChI is InChI=1S/C12H18BrNO3/c1-2-3-4-16-5-6-17-12-10(9-15)7-11(13)8-14-12/h7-8,15H,2-6,9H2,1H3. The lowest BCUT2D eigenvalue weighted by Crippen LogP contribution is -2.09. The van der Waals surface area contributed by atoms with Crippen LogP contribution in [0.2, 0.25) is 0 Å². The van der Waals surface area contributed by atoms with Crippen LogP contribution in [0, 0.1) is 0 Å². The van der Waals surface area contributed by atoms with Crippen molar-refractivity contribution < 1.29 is 14.6 Å². The Morgan fingerprint density at radius 1 is 1.35 bits per heavy atom. The largest absolute Gasteiger partial charge is 0.475 e. The molecule has 5 heteroatoms. The number of hydrogen-bond donors (Lipinski definition) is 1. The highest BCUT2D eigenvalue weighted by molar-refractivity contribution is 9.10.